The summed E-state index contributed by atoms with van der Waals surface area (Å²) in [6.45, 7) is 5.02. The molecule has 2 bridgehead atoms. The Morgan fingerprint density at radius 3 is 2.76 bits per heavy atom. The maximum atomic E-state index is 13.0. The van der Waals surface area contributed by atoms with Crippen LogP contribution in [0.4, 0.5) is 0 Å². The second-order valence-electron chi connectivity index (χ2n) is 7.47. The van der Waals surface area contributed by atoms with Gasteiger partial charge in [-0.1, -0.05) is 12.2 Å². The van der Waals surface area contributed by atoms with E-state index >= 15 is 0 Å². The van der Waals surface area contributed by atoms with Gasteiger partial charge in [-0.25, -0.2) is 9.97 Å². The minimum Gasteiger partial charge on any atom is -0.336 e. The summed E-state index contributed by atoms with van der Waals surface area (Å²) in [4.78, 5) is 23.5. The van der Waals surface area contributed by atoms with Crippen molar-refractivity contribution in [3.63, 3.8) is 0 Å². The number of amides is 1. The molecule has 0 aliphatic heterocycles. The molecule has 0 saturated heterocycles. The number of carbonyl (C=O) groups is 1. The maximum absolute atomic E-state index is 13.0. The Labute approximate surface area is 148 Å². The highest BCUT2D eigenvalue weighted by Crippen LogP contribution is 2.43. The number of hydrogen-bond donors (Lipinski definition) is 0. The maximum Gasteiger partial charge on any atom is 0.255 e. The Morgan fingerprint density at radius 1 is 1.32 bits per heavy atom. The van der Waals surface area contributed by atoms with Crippen LogP contribution in [0.5, 0.6) is 0 Å². The number of fused-ring (bicyclic) bond motifs is 2. The fourth-order valence-electron chi connectivity index (χ4n) is 4.11. The number of imidazole rings is 1. The number of pyridine rings is 1. The number of rotatable bonds is 5. The molecular weight excluding hydrogens is 312 g/mol. The Morgan fingerprint density at radius 2 is 2.20 bits per heavy atom. The van der Waals surface area contributed by atoms with Gasteiger partial charge in [0.2, 0.25) is 0 Å². The average Bonchev–Trinajstić information content (AvgIpc) is 3.36. The predicted octanol–water partition coefficient (Wildman–Crippen LogP) is 3.33. The van der Waals surface area contributed by atoms with E-state index in [-0.39, 0.29) is 11.9 Å². The average molecular weight is 336 g/mol. The molecule has 1 amide bonds. The van der Waals surface area contributed by atoms with E-state index in [9.17, 15) is 4.79 Å². The molecule has 3 atom stereocenters. The highest BCUT2D eigenvalue weighted by molar-refractivity contribution is 5.94. The zero-order valence-corrected chi connectivity index (χ0v) is 14.7. The van der Waals surface area contributed by atoms with Crippen LogP contribution >= 0.6 is 0 Å². The fraction of sp³-hybridized carbons (Fsp3) is 0.450. The SMILES string of the molecule is CC(C)N(CC1CC2C=CC1C2)C(=O)c1ccc(-n2ccnc2)nc1. The molecule has 0 N–H and O–H groups in total. The lowest BCUT2D eigenvalue weighted by Gasteiger charge is -2.31. The Balaban J connectivity index is 1.49. The van der Waals surface area contributed by atoms with Crippen LogP contribution in [0.3, 0.4) is 0 Å². The van der Waals surface area contributed by atoms with Crippen LogP contribution in [0.15, 0.2) is 49.2 Å². The monoisotopic (exact) mass is 336 g/mol. The van der Waals surface area contributed by atoms with Gasteiger partial charge in [0.25, 0.3) is 5.91 Å². The van der Waals surface area contributed by atoms with Gasteiger partial charge in [0.1, 0.15) is 12.1 Å². The number of carbonyl (C=O) groups excluding carboxylic acids is 1. The van der Waals surface area contributed by atoms with Gasteiger partial charge in [-0.3, -0.25) is 9.36 Å². The molecule has 130 valence electrons. The van der Waals surface area contributed by atoms with Gasteiger partial charge in [-0.2, -0.15) is 0 Å². The minimum atomic E-state index is 0.0754. The molecule has 5 nitrogen and oxygen atoms in total. The Bertz CT molecular complexity index is 764. The molecule has 0 radical (unpaired) electrons. The molecule has 0 aromatic carbocycles. The Hall–Kier alpha value is -2.43. The lowest BCUT2D eigenvalue weighted by molar-refractivity contribution is 0.0661. The fourth-order valence-corrected chi connectivity index (χ4v) is 4.11. The molecule has 5 heteroatoms. The smallest absolute Gasteiger partial charge is 0.255 e. The van der Waals surface area contributed by atoms with E-state index in [0.29, 0.717) is 17.4 Å². The quantitative estimate of drug-likeness (QED) is 0.787. The largest absolute Gasteiger partial charge is 0.336 e. The van der Waals surface area contributed by atoms with E-state index in [1.54, 1.807) is 18.7 Å². The molecule has 3 unspecified atom stereocenters. The van der Waals surface area contributed by atoms with Crippen molar-refractivity contribution in [2.75, 3.05) is 6.54 Å². The normalized spacial score (nSPS) is 24.2. The lowest BCUT2D eigenvalue weighted by Crippen LogP contribution is -2.41. The van der Waals surface area contributed by atoms with Crippen molar-refractivity contribution < 1.29 is 4.79 Å². The molecule has 2 heterocycles. The summed E-state index contributed by atoms with van der Waals surface area (Å²) >= 11 is 0. The summed E-state index contributed by atoms with van der Waals surface area (Å²) in [7, 11) is 0. The number of hydrogen-bond acceptors (Lipinski definition) is 3. The van der Waals surface area contributed by atoms with E-state index in [1.807, 2.05) is 27.8 Å². The summed E-state index contributed by atoms with van der Waals surface area (Å²) in [6, 6.07) is 3.91. The highest BCUT2D eigenvalue weighted by atomic mass is 16.2. The van der Waals surface area contributed by atoms with Crippen LogP contribution in [0.1, 0.15) is 37.0 Å². The van der Waals surface area contributed by atoms with Crippen molar-refractivity contribution in [1.82, 2.24) is 19.4 Å². The van der Waals surface area contributed by atoms with Gasteiger partial charge >= 0.3 is 0 Å². The third-order valence-corrected chi connectivity index (χ3v) is 5.50. The van der Waals surface area contributed by atoms with Crippen molar-refractivity contribution in [1.29, 1.82) is 0 Å². The van der Waals surface area contributed by atoms with Gasteiger partial charge < -0.3 is 4.90 Å². The van der Waals surface area contributed by atoms with Crippen LogP contribution in [-0.2, 0) is 0 Å². The van der Waals surface area contributed by atoms with Crippen LogP contribution in [-0.4, -0.2) is 37.9 Å². The van der Waals surface area contributed by atoms with Gasteiger partial charge in [0, 0.05) is 31.2 Å². The van der Waals surface area contributed by atoms with E-state index in [0.717, 1.165) is 18.3 Å². The standard InChI is InChI=1S/C20H24N4O/c1-14(2)24(12-18-10-15-3-4-16(18)9-15)20(25)17-5-6-19(22-11-17)23-8-7-21-13-23/h3-8,11,13-16,18H,9-10,12H2,1-2H3. The number of aromatic nitrogens is 3. The summed E-state index contributed by atoms with van der Waals surface area (Å²) in [5, 5.41) is 0. The molecule has 2 aromatic rings. The summed E-state index contributed by atoms with van der Waals surface area (Å²) in [5.74, 6) is 2.82. The van der Waals surface area contributed by atoms with E-state index in [1.165, 1.54) is 12.8 Å². The van der Waals surface area contributed by atoms with E-state index in [4.69, 9.17) is 0 Å². The van der Waals surface area contributed by atoms with Crippen LogP contribution in [0.25, 0.3) is 5.82 Å². The van der Waals surface area contributed by atoms with Gasteiger partial charge in [-0.15, -0.1) is 0 Å². The zero-order chi connectivity index (χ0) is 17.4. The molecular formula is C20H24N4O. The van der Waals surface area contributed by atoms with Crippen molar-refractivity contribution >= 4 is 5.91 Å². The van der Waals surface area contributed by atoms with Gasteiger partial charge in [0.15, 0.2) is 0 Å². The predicted molar refractivity (Wildman–Crippen MR) is 96.4 cm³/mol. The van der Waals surface area contributed by atoms with Crippen LogP contribution in [0, 0.1) is 17.8 Å². The van der Waals surface area contributed by atoms with Crippen molar-refractivity contribution in [2.24, 2.45) is 17.8 Å². The Kier molecular flexibility index (Phi) is 4.15. The summed E-state index contributed by atoms with van der Waals surface area (Å²) in [5.41, 5.74) is 0.649. The molecule has 2 aromatic heterocycles. The van der Waals surface area contributed by atoms with E-state index in [2.05, 4.69) is 36.0 Å². The molecule has 1 fully saturated rings. The third-order valence-electron chi connectivity index (χ3n) is 5.50. The number of allylic oxidation sites excluding steroid dienone is 2. The number of nitrogens with zero attached hydrogens (tertiary/aromatic N) is 4. The molecule has 0 spiro atoms. The lowest BCUT2D eigenvalue weighted by atomic mass is 9.92. The van der Waals surface area contributed by atoms with Crippen molar-refractivity contribution in [3.8, 4) is 5.82 Å². The zero-order valence-electron chi connectivity index (χ0n) is 14.7. The third kappa shape index (κ3) is 3.11. The topological polar surface area (TPSA) is 51.0 Å². The first kappa shape index (κ1) is 16.1. The molecule has 1 saturated carbocycles. The highest BCUT2D eigenvalue weighted by Gasteiger charge is 2.37. The summed E-state index contributed by atoms with van der Waals surface area (Å²) < 4.78 is 1.83. The van der Waals surface area contributed by atoms with E-state index < -0.39 is 0 Å². The van der Waals surface area contributed by atoms with Crippen LogP contribution in [0.2, 0.25) is 0 Å². The second kappa shape index (κ2) is 6.47. The van der Waals surface area contributed by atoms with Gasteiger partial charge in [-0.05, 0) is 56.6 Å². The molecule has 2 aliphatic carbocycles. The second-order valence-corrected chi connectivity index (χ2v) is 7.47. The van der Waals surface area contributed by atoms with Crippen molar-refractivity contribution in [2.45, 2.75) is 32.7 Å². The van der Waals surface area contributed by atoms with Crippen molar-refractivity contribution in [3.05, 3.63) is 54.8 Å². The summed E-state index contributed by atoms with van der Waals surface area (Å²) in [6.07, 6.45) is 14.1. The first-order chi connectivity index (χ1) is 12.1. The minimum absolute atomic E-state index is 0.0754. The first-order valence-corrected chi connectivity index (χ1v) is 9.05. The first-order valence-electron chi connectivity index (χ1n) is 9.05. The van der Waals surface area contributed by atoms with Crippen LogP contribution < -0.4 is 0 Å². The molecule has 25 heavy (non-hydrogen) atoms. The van der Waals surface area contributed by atoms with Gasteiger partial charge in [0.05, 0.1) is 5.56 Å². The molecule has 2 aliphatic rings. The molecule has 4 rings (SSSR count).